The summed E-state index contributed by atoms with van der Waals surface area (Å²) in [5.41, 5.74) is 0.430. The maximum atomic E-state index is 15.3. The molecule has 160 valence electrons. The Morgan fingerprint density at radius 2 is 1.87 bits per heavy atom. The van der Waals surface area contributed by atoms with E-state index in [9.17, 15) is 18.0 Å². The van der Waals surface area contributed by atoms with Crippen molar-refractivity contribution in [3.8, 4) is 11.1 Å². The Bertz CT molecular complexity index is 932. The summed E-state index contributed by atoms with van der Waals surface area (Å²) in [7, 11) is 0. The summed E-state index contributed by atoms with van der Waals surface area (Å²) in [6.45, 7) is -0.0192. The van der Waals surface area contributed by atoms with Crippen LogP contribution in [0.25, 0.3) is 11.1 Å². The second-order valence-corrected chi connectivity index (χ2v) is 8.48. The van der Waals surface area contributed by atoms with E-state index < -0.39 is 35.7 Å². The second-order valence-electron chi connectivity index (χ2n) is 7.84. The van der Waals surface area contributed by atoms with Crippen molar-refractivity contribution in [1.82, 2.24) is 9.62 Å². The normalized spacial score (nSPS) is 23.8. The number of alkyl halides is 1. The molecule has 1 heterocycles. The first-order valence-electron chi connectivity index (χ1n) is 9.86. The molecule has 1 saturated heterocycles. The molecule has 1 amide bonds. The molecule has 2 aromatic carbocycles. The van der Waals surface area contributed by atoms with Gasteiger partial charge in [0.1, 0.15) is 23.6 Å². The number of nitrogens with zero attached hydrogens (tertiary/aromatic N) is 1. The summed E-state index contributed by atoms with van der Waals surface area (Å²) in [6, 6.07) is 6.30. The lowest BCUT2D eigenvalue weighted by Crippen LogP contribution is -2.46. The number of hydrogen-bond acceptors (Lipinski definition) is 3. The number of carbonyl (C=O) groups excluding carboxylic acids is 1. The Labute approximate surface area is 177 Å². The quantitative estimate of drug-likeness (QED) is 0.532. The maximum Gasteiger partial charge on any atom is 0.226 e. The molecule has 3 nitrogen and oxygen atoms in total. The van der Waals surface area contributed by atoms with Crippen LogP contribution in [0.2, 0.25) is 0 Å². The van der Waals surface area contributed by atoms with Gasteiger partial charge in [0.2, 0.25) is 5.91 Å². The van der Waals surface area contributed by atoms with Crippen molar-refractivity contribution in [3.05, 3.63) is 59.4 Å². The van der Waals surface area contributed by atoms with E-state index in [-0.39, 0.29) is 41.5 Å². The maximum absolute atomic E-state index is 15.3. The van der Waals surface area contributed by atoms with Gasteiger partial charge in [0.05, 0.1) is 18.6 Å². The molecular weight excluding hydrogens is 416 g/mol. The average molecular weight is 438 g/mol. The Hall–Kier alpha value is -2.06. The molecule has 0 radical (unpaired) electrons. The highest BCUT2D eigenvalue weighted by molar-refractivity contribution is 7.96. The highest BCUT2D eigenvalue weighted by atomic mass is 32.2. The third kappa shape index (κ3) is 4.21. The lowest BCUT2D eigenvalue weighted by molar-refractivity contribution is -0.133. The molecule has 0 bridgehead atoms. The van der Waals surface area contributed by atoms with E-state index in [1.54, 1.807) is 18.4 Å². The van der Waals surface area contributed by atoms with E-state index in [2.05, 4.69) is 4.72 Å². The van der Waals surface area contributed by atoms with Gasteiger partial charge in [-0.15, -0.1) is 0 Å². The van der Waals surface area contributed by atoms with E-state index in [0.717, 1.165) is 31.0 Å². The Kier molecular flexibility index (Phi) is 6.06. The molecule has 0 aromatic heterocycles. The molecule has 1 aliphatic carbocycles. The molecule has 1 N–H and O–H groups in total. The second kappa shape index (κ2) is 8.59. The molecule has 2 aliphatic rings. The van der Waals surface area contributed by atoms with Gasteiger partial charge in [0, 0.05) is 17.5 Å². The van der Waals surface area contributed by atoms with Crippen molar-refractivity contribution < 1.29 is 22.4 Å². The number of amides is 1. The number of halogens is 4. The van der Waals surface area contributed by atoms with Crippen LogP contribution in [0.3, 0.4) is 0 Å². The smallest absolute Gasteiger partial charge is 0.226 e. The van der Waals surface area contributed by atoms with Crippen LogP contribution >= 0.6 is 11.9 Å². The third-order valence-electron chi connectivity index (χ3n) is 5.72. The third-order valence-corrected chi connectivity index (χ3v) is 6.23. The number of hydrogen-bond donors (Lipinski definition) is 1. The number of nitrogens with one attached hydrogen (secondary N) is 1. The SMILES string of the molecule is CSN[C@H]1[C@@H](F)CN(C(=O)C2CC2)[C@H]1Cc1cccc(-c2cc(F)cc(F)c2)c1F. The molecular formula is C22H22F4N2OS. The van der Waals surface area contributed by atoms with E-state index >= 15 is 4.39 Å². The molecule has 4 rings (SSSR count). The Balaban J connectivity index is 1.66. The fourth-order valence-electron chi connectivity index (χ4n) is 4.11. The molecule has 0 unspecified atom stereocenters. The van der Waals surface area contributed by atoms with Crippen LogP contribution < -0.4 is 4.72 Å². The van der Waals surface area contributed by atoms with Crippen LogP contribution in [0, 0.1) is 23.4 Å². The topological polar surface area (TPSA) is 32.3 Å². The van der Waals surface area contributed by atoms with Crippen molar-refractivity contribution in [1.29, 1.82) is 0 Å². The molecule has 2 fully saturated rings. The number of carbonyl (C=O) groups is 1. The van der Waals surface area contributed by atoms with Gasteiger partial charge in [-0.1, -0.05) is 30.1 Å². The molecule has 1 aliphatic heterocycles. The molecule has 1 saturated carbocycles. The fraction of sp³-hybridized carbons (Fsp3) is 0.409. The van der Waals surface area contributed by atoms with Gasteiger partial charge < -0.3 is 4.90 Å². The zero-order valence-corrected chi connectivity index (χ0v) is 17.2. The predicted octanol–water partition coefficient (Wildman–Crippen LogP) is 4.51. The lowest BCUT2D eigenvalue weighted by atomic mass is 9.95. The number of benzene rings is 2. The molecule has 30 heavy (non-hydrogen) atoms. The summed E-state index contributed by atoms with van der Waals surface area (Å²) in [5, 5.41) is 0. The minimum atomic E-state index is -1.26. The zero-order valence-electron chi connectivity index (χ0n) is 16.4. The summed E-state index contributed by atoms with van der Waals surface area (Å²) >= 11 is 1.26. The van der Waals surface area contributed by atoms with Gasteiger partial charge in [-0.25, -0.2) is 17.6 Å². The minimum absolute atomic E-state index is 0.0192. The van der Waals surface area contributed by atoms with E-state index in [4.69, 9.17) is 0 Å². The van der Waals surface area contributed by atoms with Gasteiger partial charge in [-0.3, -0.25) is 9.52 Å². The van der Waals surface area contributed by atoms with E-state index in [1.807, 2.05) is 0 Å². The summed E-state index contributed by atoms with van der Waals surface area (Å²) in [6.07, 6.45) is 2.22. The van der Waals surface area contributed by atoms with Crippen LogP contribution in [-0.4, -0.2) is 41.9 Å². The van der Waals surface area contributed by atoms with Gasteiger partial charge >= 0.3 is 0 Å². The highest BCUT2D eigenvalue weighted by Crippen LogP contribution is 2.36. The van der Waals surface area contributed by atoms with Crippen LogP contribution in [0.4, 0.5) is 17.6 Å². The fourth-order valence-corrected chi connectivity index (χ4v) is 4.69. The Morgan fingerprint density at radius 3 is 2.50 bits per heavy atom. The minimum Gasteiger partial charge on any atom is -0.334 e. The van der Waals surface area contributed by atoms with Crippen molar-refractivity contribution in [3.63, 3.8) is 0 Å². The molecule has 3 atom stereocenters. The zero-order chi connectivity index (χ0) is 21.4. The molecule has 2 aromatic rings. The largest absolute Gasteiger partial charge is 0.334 e. The Morgan fingerprint density at radius 1 is 1.17 bits per heavy atom. The van der Waals surface area contributed by atoms with Crippen LogP contribution in [-0.2, 0) is 11.2 Å². The summed E-state index contributed by atoms with van der Waals surface area (Å²) in [4.78, 5) is 14.2. The van der Waals surface area contributed by atoms with Crippen molar-refractivity contribution in [2.75, 3.05) is 12.8 Å². The van der Waals surface area contributed by atoms with E-state index in [0.29, 0.717) is 0 Å². The van der Waals surface area contributed by atoms with Crippen molar-refractivity contribution >= 4 is 17.9 Å². The molecule has 8 heteroatoms. The first-order chi connectivity index (χ1) is 14.4. The number of likely N-dealkylation sites (tertiary alicyclic amines) is 1. The first-order valence-corrected chi connectivity index (χ1v) is 11.1. The summed E-state index contributed by atoms with van der Waals surface area (Å²) < 4.78 is 60.3. The number of rotatable bonds is 6. The lowest BCUT2D eigenvalue weighted by Gasteiger charge is -2.28. The van der Waals surface area contributed by atoms with Gasteiger partial charge in [-0.2, -0.15) is 0 Å². The van der Waals surface area contributed by atoms with Crippen molar-refractivity contribution in [2.24, 2.45) is 5.92 Å². The van der Waals surface area contributed by atoms with E-state index in [1.165, 1.54) is 22.9 Å². The predicted molar refractivity (Wildman–Crippen MR) is 109 cm³/mol. The molecule has 0 spiro atoms. The van der Waals surface area contributed by atoms with Crippen LogP contribution in [0.1, 0.15) is 18.4 Å². The van der Waals surface area contributed by atoms with Crippen molar-refractivity contribution in [2.45, 2.75) is 37.5 Å². The van der Waals surface area contributed by atoms with Crippen LogP contribution in [0.5, 0.6) is 0 Å². The van der Waals surface area contributed by atoms with Gasteiger partial charge in [0.25, 0.3) is 0 Å². The van der Waals surface area contributed by atoms with Crippen LogP contribution in [0.15, 0.2) is 36.4 Å². The monoisotopic (exact) mass is 438 g/mol. The average Bonchev–Trinajstić information content (AvgIpc) is 3.50. The highest BCUT2D eigenvalue weighted by Gasteiger charge is 2.47. The summed E-state index contributed by atoms with van der Waals surface area (Å²) in [5.74, 6) is -2.37. The van der Waals surface area contributed by atoms with Gasteiger partial charge in [-0.05, 0) is 48.8 Å². The standard InChI is InChI=1S/C22H22F4N2OS/c1-30-27-21-18(25)11-28(22(29)12-5-6-12)19(21)9-13-3-2-4-17(20(13)26)14-7-15(23)10-16(24)8-14/h2-4,7-8,10,12,18-19,21,27H,5-6,9,11H2,1H3/t18-,19-,21-/m0/s1. The van der Waals surface area contributed by atoms with Gasteiger partial charge in [0.15, 0.2) is 0 Å². The first kappa shape index (κ1) is 21.2.